The average Bonchev–Trinajstić information content (AvgIpc) is 1.54. The first-order chi connectivity index (χ1) is 57.7. The van der Waals surface area contributed by atoms with Gasteiger partial charge in [-0.1, -0.05) is 293 Å². The summed E-state index contributed by atoms with van der Waals surface area (Å²) in [7, 11) is 0. The van der Waals surface area contributed by atoms with E-state index in [1.54, 1.807) is 146 Å². The molecule has 5 heterocycles. The lowest BCUT2D eigenvalue weighted by atomic mass is 9.74. The van der Waals surface area contributed by atoms with E-state index >= 15 is 9.59 Å². The molecule has 0 aliphatic carbocycles. The number of ether oxygens (including phenoxy) is 15. The highest BCUT2D eigenvalue weighted by atomic mass is 16.8. The number of carboxylic acid groups (broad SMARTS) is 2. The van der Waals surface area contributed by atoms with Gasteiger partial charge in [-0.05, 0) is 30.3 Å². The van der Waals surface area contributed by atoms with Gasteiger partial charge in [-0.2, -0.15) is 0 Å². The lowest BCUT2D eigenvalue weighted by Crippen LogP contribution is -2.37. The predicted molar refractivity (Wildman–Crippen MR) is 432 cm³/mol. The molecule has 0 amide bonds. The molecule has 588 valence electrons. The molecule has 2 N–H and O–H groups in total. The standard InChI is InChI=1S/C97H74O21/c1-5-49-104-73-53-60(54-77-82(73)112-94(111-77,61-33-17-9-18-34-61)62-35-19-10-20-36-62)92(102)109-59-110-93(103)71-57-76(107-52-8-4)85-89(118-97(115-85,67-45-29-15-30-46-67)68-47-31-16-32-48-68)81(71)86-80(79-70(91(100)101)56-75(106-51-7-3)84-88(79)117-96(114-84,65-41-25-13-26-42-65)66-43-27-14-28-44-66)72(58-108-86)78-69(90(98)99)55-74(105-50-6-2)83-87(78)116-95(113-83,63-37-21-11-22-38-63)64-39-23-12-24-40-64/h5-48,53-57,72,80,86H,1-4,49-52,58-59H2,(H,98,99)(H,100,101)/t72-,80+,86+/m0/s1. The lowest BCUT2D eigenvalue weighted by Gasteiger charge is -2.31. The molecule has 5 aliphatic rings. The first-order valence-electron chi connectivity index (χ1n) is 37.9. The zero-order chi connectivity index (χ0) is 81.1. The van der Waals surface area contributed by atoms with Crippen molar-refractivity contribution in [1.82, 2.24) is 0 Å². The molecule has 0 saturated carbocycles. The highest BCUT2D eigenvalue weighted by molar-refractivity contribution is 5.97. The van der Waals surface area contributed by atoms with E-state index in [1.165, 1.54) is 54.6 Å². The molecule has 0 radical (unpaired) electrons. The van der Waals surface area contributed by atoms with Gasteiger partial charge in [0.15, 0.2) is 46.0 Å². The quantitative estimate of drug-likeness (QED) is 0.0251. The molecule has 0 unspecified atom stereocenters. The minimum atomic E-state index is -1.94. The van der Waals surface area contributed by atoms with Crippen LogP contribution in [0, 0.1) is 0 Å². The van der Waals surface area contributed by atoms with Gasteiger partial charge < -0.3 is 81.3 Å². The summed E-state index contributed by atoms with van der Waals surface area (Å²) in [6.07, 6.45) is 4.21. The van der Waals surface area contributed by atoms with Crippen molar-refractivity contribution in [3.05, 3.63) is 407 Å². The molecule has 21 heteroatoms. The van der Waals surface area contributed by atoms with Crippen LogP contribution in [0.1, 0.15) is 121 Å². The summed E-state index contributed by atoms with van der Waals surface area (Å²) in [4.78, 5) is 61.3. The third kappa shape index (κ3) is 13.3. The van der Waals surface area contributed by atoms with Gasteiger partial charge >= 0.3 is 47.0 Å². The minimum Gasteiger partial charge on any atom is -0.485 e. The molecular weight excluding hydrogens is 1500 g/mol. The summed E-state index contributed by atoms with van der Waals surface area (Å²) >= 11 is 0. The van der Waals surface area contributed by atoms with Crippen LogP contribution >= 0.6 is 0 Å². The largest absolute Gasteiger partial charge is 0.485 e. The Morgan fingerprint density at radius 3 is 0.975 bits per heavy atom. The van der Waals surface area contributed by atoms with Gasteiger partial charge in [0, 0.05) is 73.0 Å². The molecule has 1 fully saturated rings. The Kier molecular flexibility index (Phi) is 20.4. The van der Waals surface area contributed by atoms with Gasteiger partial charge in [0.25, 0.3) is 0 Å². The van der Waals surface area contributed by atoms with Gasteiger partial charge in [-0.15, -0.1) is 0 Å². The summed E-state index contributed by atoms with van der Waals surface area (Å²) < 4.78 is 103. The molecule has 5 aliphatic heterocycles. The molecule has 17 rings (SSSR count). The molecule has 0 bridgehead atoms. The molecule has 21 nitrogen and oxygen atoms in total. The fraction of sp³-hybridized carbons (Fsp3) is 0.134. The zero-order valence-corrected chi connectivity index (χ0v) is 63.2. The van der Waals surface area contributed by atoms with Crippen molar-refractivity contribution in [3.63, 3.8) is 0 Å². The van der Waals surface area contributed by atoms with Crippen molar-refractivity contribution >= 4 is 23.9 Å². The van der Waals surface area contributed by atoms with E-state index in [1.807, 2.05) is 97.1 Å². The summed E-state index contributed by atoms with van der Waals surface area (Å²) in [5.41, 5.74) is 2.22. The van der Waals surface area contributed by atoms with E-state index in [9.17, 15) is 19.8 Å². The molecule has 12 aromatic carbocycles. The number of hydrogen-bond donors (Lipinski definition) is 2. The number of rotatable bonds is 29. The number of carboxylic acids is 2. The Morgan fingerprint density at radius 2 is 0.627 bits per heavy atom. The molecule has 0 aromatic heterocycles. The zero-order valence-electron chi connectivity index (χ0n) is 63.2. The van der Waals surface area contributed by atoms with Crippen LogP contribution in [-0.4, -0.2) is 73.9 Å². The summed E-state index contributed by atoms with van der Waals surface area (Å²) in [5, 5.41) is 24.4. The van der Waals surface area contributed by atoms with Crippen molar-refractivity contribution in [2.24, 2.45) is 0 Å². The van der Waals surface area contributed by atoms with Crippen molar-refractivity contribution in [2.75, 3.05) is 39.8 Å². The SMILES string of the molecule is C=CCOc1cc(C(=O)OCOC(=O)c2cc(OCC=C)c3c(c2[C@@H]2OC[C@@H](c4c(C(=O)O)cc(OCC=C)c5c4OC(c4ccccc4)(c4ccccc4)O5)[C@@H]2c2c(C(=O)O)cc(OCC=C)c4c2OC(c2ccccc2)(c2ccccc2)O4)OC(c2ccccc2)(c2ccccc2)O3)cc2c1OC(c1ccccc1)(c1ccccc1)O2. The number of carbonyl (C=O) groups excluding carboxylic acids is 2. The van der Waals surface area contributed by atoms with Crippen LogP contribution in [0.15, 0.2) is 324 Å². The molecule has 0 spiro atoms. The molecule has 118 heavy (non-hydrogen) atoms. The Bertz CT molecular complexity index is 5690. The van der Waals surface area contributed by atoms with E-state index in [-0.39, 0.29) is 123 Å². The van der Waals surface area contributed by atoms with Crippen molar-refractivity contribution in [2.45, 2.75) is 41.1 Å². The third-order valence-corrected chi connectivity index (χ3v) is 20.9. The number of hydrogen-bond acceptors (Lipinski definition) is 19. The topological polar surface area (TPSA) is 247 Å². The van der Waals surface area contributed by atoms with Gasteiger partial charge in [0.1, 0.15) is 26.4 Å². The van der Waals surface area contributed by atoms with Crippen molar-refractivity contribution < 1.29 is 100 Å². The van der Waals surface area contributed by atoms with Crippen molar-refractivity contribution in [1.29, 1.82) is 0 Å². The van der Waals surface area contributed by atoms with E-state index < -0.39 is 89.5 Å². The van der Waals surface area contributed by atoms with Crippen LogP contribution in [0.4, 0.5) is 0 Å². The maximum Gasteiger partial charge on any atom is 0.341 e. The maximum atomic E-state index is 16.4. The number of carbonyl (C=O) groups is 4. The Morgan fingerprint density at radius 1 is 0.339 bits per heavy atom. The van der Waals surface area contributed by atoms with Crippen molar-refractivity contribution in [3.8, 4) is 69.0 Å². The minimum absolute atomic E-state index is 0.0136. The average molecular weight is 1580 g/mol. The monoisotopic (exact) mass is 1570 g/mol. The lowest BCUT2D eigenvalue weighted by molar-refractivity contribution is -0.0486. The first-order valence-corrected chi connectivity index (χ1v) is 37.9. The van der Waals surface area contributed by atoms with Gasteiger partial charge in [0.2, 0.25) is 29.8 Å². The summed E-state index contributed by atoms with van der Waals surface area (Å²) in [6.45, 7) is 13.5. The summed E-state index contributed by atoms with van der Waals surface area (Å²) in [5.74, 6) is -16.3. The van der Waals surface area contributed by atoms with Crippen LogP contribution < -0.4 is 56.8 Å². The summed E-state index contributed by atoms with van der Waals surface area (Å²) in [6, 6.07) is 79.3. The van der Waals surface area contributed by atoms with E-state index in [4.69, 9.17) is 71.1 Å². The number of esters is 2. The molecule has 1 saturated heterocycles. The molecular formula is C97H74O21. The number of fused-ring (bicyclic) bond motifs is 4. The van der Waals surface area contributed by atoms with Crippen LogP contribution in [-0.2, 0) is 37.4 Å². The fourth-order valence-corrected chi connectivity index (χ4v) is 15.8. The third-order valence-electron chi connectivity index (χ3n) is 20.9. The second-order valence-corrected chi connectivity index (χ2v) is 27.9. The Labute approximate surface area is 677 Å². The second-order valence-electron chi connectivity index (χ2n) is 27.9. The highest BCUT2D eigenvalue weighted by Gasteiger charge is 2.59. The smallest absolute Gasteiger partial charge is 0.341 e. The fourth-order valence-electron chi connectivity index (χ4n) is 15.8. The van der Waals surface area contributed by atoms with Crippen LogP contribution in [0.25, 0.3) is 0 Å². The highest BCUT2D eigenvalue weighted by Crippen LogP contribution is 2.68. The van der Waals surface area contributed by atoms with Crippen LogP contribution in [0.2, 0.25) is 0 Å². The predicted octanol–water partition coefficient (Wildman–Crippen LogP) is 18.6. The number of benzene rings is 12. The normalized spacial score (nSPS) is 16.6. The first kappa shape index (κ1) is 75.7. The number of aromatic carboxylic acids is 2. The van der Waals surface area contributed by atoms with E-state index in [2.05, 4.69) is 26.3 Å². The Balaban J connectivity index is 0.890. The molecule has 3 atom stereocenters. The van der Waals surface area contributed by atoms with Gasteiger partial charge in [0.05, 0.1) is 35.0 Å². The maximum absolute atomic E-state index is 16.4. The Hall–Kier alpha value is -15.0. The van der Waals surface area contributed by atoms with Gasteiger partial charge in [-0.25, -0.2) is 19.2 Å². The van der Waals surface area contributed by atoms with Crippen LogP contribution in [0.5, 0.6) is 69.0 Å². The van der Waals surface area contributed by atoms with Gasteiger partial charge in [-0.3, -0.25) is 0 Å². The van der Waals surface area contributed by atoms with Crippen LogP contribution in [0.3, 0.4) is 0 Å². The molecule has 12 aromatic rings. The van der Waals surface area contributed by atoms with E-state index in [0.29, 0.717) is 44.5 Å². The second kappa shape index (κ2) is 31.8. The van der Waals surface area contributed by atoms with E-state index in [0.717, 1.165) is 0 Å².